The maximum absolute atomic E-state index is 12.1. The van der Waals surface area contributed by atoms with E-state index in [9.17, 15) is 8.42 Å². The largest absolute Gasteiger partial charge is 0.378 e. The molecule has 110 valence electrons. The predicted octanol–water partition coefficient (Wildman–Crippen LogP) is 3.98. The molecule has 1 aliphatic rings. The lowest BCUT2D eigenvalue weighted by Gasteiger charge is -2.27. The smallest absolute Gasteiger partial charge is 0.178 e. The molecule has 0 fully saturated rings. The van der Waals surface area contributed by atoms with E-state index in [0.29, 0.717) is 16.3 Å². The van der Waals surface area contributed by atoms with E-state index in [4.69, 9.17) is 11.6 Å². The van der Waals surface area contributed by atoms with E-state index in [-0.39, 0.29) is 11.8 Å². The van der Waals surface area contributed by atoms with Crippen molar-refractivity contribution in [3.05, 3.63) is 58.6 Å². The van der Waals surface area contributed by atoms with E-state index < -0.39 is 9.84 Å². The number of halogens is 1. The van der Waals surface area contributed by atoms with Gasteiger partial charge in [0.25, 0.3) is 0 Å². The Kier molecular flexibility index (Phi) is 3.68. The maximum atomic E-state index is 12.1. The molecule has 1 unspecified atom stereocenters. The normalized spacial score (nSPS) is 19.8. The summed E-state index contributed by atoms with van der Waals surface area (Å²) in [5, 5.41) is 4.15. The standard InChI is InChI=1S/C16H16ClNO2S/c1-11-10-12(17)6-7-14(11)18-15-8-9-21(19,20)16-5-3-2-4-13(15)16/h2-7,10,15,18H,8-9H2,1H3. The summed E-state index contributed by atoms with van der Waals surface area (Å²) < 4.78 is 24.3. The van der Waals surface area contributed by atoms with Gasteiger partial charge in [0.2, 0.25) is 0 Å². The Balaban J connectivity index is 1.97. The Labute approximate surface area is 129 Å². The van der Waals surface area contributed by atoms with Gasteiger partial charge in [-0.2, -0.15) is 0 Å². The molecule has 0 amide bonds. The first-order valence-corrected chi connectivity index (χ1v) is 8.85. The fourth-order valence-electron chi connectivity index (χ4n) is 2.72. The molecule has 1 heterocycles. The molecule has 3 rings (SSSR count). The van der Waals surface area contributed by atoms with Crippen LogP contribution in [0.1, 0.15) is 23.6 Å². The molecule has 1 aliphatic heterocycles. The number of hydrogen-bond acceptors (Lipinski definition) is 3. The molecule has 3 nitrogen and oxygen atoms in total. The van der Waals surface area contributed by atoms with Crippen molar-refractivity contribution in [2.45, 2.75) is 24.3 Å². The highest BCUT2D eigenvalue weighted by atomic mass is 35.5. The Morgan fingerprint density at radius 3 is 2.71 bits per heavy atom. The van der Waals surface area contributed by atoms with Crippen LogP contribution in [0.2, 0.25) is 5.02 Å². The number of aryl methyl sites for hydroxylation is 1. The predicted molar refractivity (Wildman–Crippen MR) is 85.7 cm³/mol. The molecule has 0 saturated carbocycles. The minimum Gasteiger partial charge on any atom is -0.378 e. The van der Waals surface area contributed by atoms with Gasteiger partial charge in [-0.25, -0.2) is 8.42 Å². The van der Waals surface area contributed by atoms with Crippen molar-refractivity contribution in [1.29, 1.82) is 0 Å². The van der Waals surface area contributed by atoms with Gasteiger partial charge in [-0.3, -0.25) is 0 Å². The number of sulfone groups is 1. The monoisotopic (exact) mass is 321 g/mol. The van der Waals surface area contributed by atoms with Crippen molar-refractivity contribution in [3.8, 4) is 0 Å². The zero-order valence-electron chi connectivity index (χ0n) is 11.6. The van der Waals surface area contributed by atoms with Crippen LogP contribution in [-0.2, 0) is 9.84 Å². The molecule has 0 aliphatic carbocycles. The molecule has 1 atom stereocenters. The van der Waals surface area contributed by atoms with Gasteiger partial charge in [0, 0.05) is 10.7 Å². The summed E-state index contributed by atoms with van der Waals surface area (Å²) in [7, 11) is -3.15. The highest BCUT2D eigenvalue weighted by molar-refractivity contribution is 7.91. The topological polar surface area (TPSA) is 46.2 Å². The molecule has 0 saturated heterocycles. The molecule has 0 aromatic heterocycles. The molecule has 0 spiro atoms. The fourth-order valence-corrected chi connectivity index (χ4v) is 4.56. The average molecular weight is 322 g/mol. The van der Waals surface area contributed by atoms with Gasteiger partial charge >= 0.3 is 0 Å². The van der Waals surface area contributed by atoms with Crippen molar-refractivity contribution >= 4 is 27.1 Å². The molecule has 5 heteroatoms. The van der Waals surface area contributed by atoms with E-state index in [1.165, 1.54) is 0 Å². The van der Waals surface area contributed by atoms with Crippen LogP contribution < -0.4 is 5.32 Å². The average Bonchev–Trinajstić information content (AvgIpc) is 2.45. The van der Waals surface area contributed by atoms with Gasteiger partial charge in [-0.05, 0) is 48.7 Å². The van der Waals surface area contributed by atoms with Crippen LogP contribution in [0, 0.1) is 6.92 Å². The second-order valence-corrected chi connectivity index (χ2v) is 7.82. The van der Waals surface area contributed by atoms with Gasteiger partial charge in [0.15, 0.2) is 9.84 Å². The van der Waals surface area contributed by atoms with Crippen LogP contribution >= 0.6 is 11.6 Å². The van der Waals surface area contributed by atoms with E-state index >= 15 is 0 Å². The van der Waals surface area contributed by atoms with Crippen LogP contribution in [-0.4, -0.2) is 14.2 Å². The third-order valence-electron chi connectivity index (χ3n) is 3.82. The summed E-state index contributed by atoms with van der Waals surface area (Å²) in [5.74, 6) is 0.175. The highest BCUT2D eigenvalue weighted by Crippen LogP contribution is 2.35. The summed E-state index contributed by atoms with van der Waals surface area (Å²) in [6.07, 6.45) is 0.571. The lowest BCUT2D eigenvalue weighted by molar-refractivity contribution is 0.576. The zero-order valence-corrected chi connectivity index (χ0v) is 13.2. The minimum absolute atomic E-state index is 0.00426. The van der Waals surface area contributed by atoms with E-state index in [0.717, 1.165) is 16.8 Å². The van der Waals surface area contributed by atoms with Crippen LogP contribution in [0.4, 0.5) is 5.69 Å². The maximum Gasteiger partial charge on any atom is 0.178 e. The number of nitrogens with one attached hydrogen (secondary N) is 1. The Bertz CT molecular complexity index is 787. The summed E-state index contributed by atoms with van der Waals surface area (Å²) >= 11 is 5.97. The van der Waals surface area contributed by atoms with Gasteiger partial charge in [-0.1, -0.05) is 29.8 Å². The van der Waals surface area contributed by atoms with Crippen LogP contribution in [0.3, 0.4) is 0 Å². The molecule has 21 heavy (non-hydrogen) atoms. The van der Waals surface area contributed by atoms with Crippen LogP contribution in [0.15, 0.2) is 47.4 Å². The van der Waals surface area contributed by atoms with Gasteiger partial charge in [-0.15, -0.1) is 0 Å². The lowest BCUT2D eigenvalue weighted by atomic mass is 10.0. The molecule has 1 N–H and O–H groups in total. The lowest BCUT2D eigenvalue weighted by Crippen LogP contribution is -2.24. The third kappa shape index (κ3) is 2.78. The molecule has 2 aromatic carbocycles. The second-order valence-electron chi connectivity index (χ2n) is 5.30. The first kappa shape index (κ1) is 14.4. The van der Waals surface area contributed by atoms with Gasteiger partial charge < -0.3 is 5.32 Å². The van der Waals surface area contributed by atoms with Crippen molar-refractivity contribution in [1.82, 2.24) is 0 Å². The van der Waals surface area contributed by atoms with E-state index in [1.807, 2.05) is 37.3 Å². The summed E-state index contributed by atoms with van der Waals surface area (Å²) in [6.45, 7) is 1.99. The SMILES string of the molecule is Cc1cc(Cl)ccc1NC1CCS(=O)(=O)c2ccccc21. The minimum atomic E-state index is -3.15. The van der Waals surface area contributed by atoms with E-state index in [2.05, 4.69) is 5.32 Å². The first-order chi connectivity index (χ1) is 9.97. The molecule has 0 bridgehead atoms. The van der Waals surface area contributed by atoms with Crippen LogP contribution in [0.5, 0.6) is 0 Å². The first-order valence-electron chi connectivity index (χ1n) is 6.82. The summed E-state index contributed by atoms with van der Waals surface area (Å²) in [6, 6.07) is 12.9. The number of fused-ring (bicyclic) bond motifs is 1. The highest BCUT2D eigenvalue weighted by Gasteiger charge is 2.29. The molecular weight excluding hydrogens is 306 g/mol. The fraction of sp³-hybridized carbons (Fsp3) is 0.250. The van der Waals surface area contributed by atoms with Crippen molar-refractivity contribution < 1.29 is 8.42 Å². The number of rotatable bonds is 2. The third-order valence-corrected chi connectivity index (χ3v) is 5.87. The van der Waals surface area contributed by atoms with Gasteiger partial charge in [0.05, 0.1) is 16.7 Å². The number of benzene rings is 2. The quantitative estimate of drug-likeness (QED) is 0.910. The molecule has 0 radical (unpaired) electrons. The zero-order chi connectivity index (χ0) is 15.0. The summed E-state index contributed by atoms with van der Waals surface area (Å²) in [5.41, 5.74) is 2.88. The number of anilines is 1. The summed E-state index contributed by atoms with van der Waals surface area (Å²) in [4.78, 5) is 0.445. The van der Waals surface area contributed by atoms with Gasteiger partial charge in [0.1, 0.15) is 0 Å². The Morgan fingerprint density at radius 1 is 1.19 bits per heavy atom. The molecular formula is C16H16ClNO2S. The Morgan fingerprint density at radius 2 is 1.95 bits per heavy atom. The van der Waals surface area contributed by atoms with Crippen molar-refractivity contribution in [2.75, 3.05) is 11.1 Å². The molecule has 2 aromatic rings. The Hall–Kier alpha value is -1.52. The van der Waals surface area contributed by atoms with Crippen LogP contribution in [0.25, 0.3) is 0 Å². The van der Waals surface area contributed by atoms with Crippen molar-refractivity contribution in [3.63, 3.8) is 0 Å². The number of hydrogen-bond donors (Lipinski definition) is 1. The second kappa shape index (κ2) is 5.35. The van der Waals surface area contributed by atoms with Crippen molar-refractivity contribution in [2.24, 2.45) is 0 Å². The van der Waals surface area contributed by atoms with E-state index in [1.54, 1.807) is 12.1 Å².